The molecule has 1 N–H and O–H groups in total. The topological polar surface area (TPSA) is 67.2 Å². The molecule has 1 fully saturated rings. The Morgan fingerprint density at radius 2 is 1.81 bits per heavy atom. The molecule has 31 heavy (non-hydrogen) atoms. The smallest absolute Gasteiger partial charge is 0.257 e. The molecule has 160 valence electrons. The number of hydrogen-bond acceptors (Lipinski definition) is 3. The van der Waals surface area contributed by atoms with E-state index in [0.29, 0.717) is 35.8 Å². The van der Waals surface area contributed by atoms with Gasteiger partial charge in [-0.2, -0.15) is 5.10 Å². The number of amides is 2. The van der Waals surface area contributed by atoms with Gasteiger partial charge in [-0.3, -0.25) is 14.3 Å². The van der Waals surface area contributed by atoms with Crippen LogP contribution >= 0.6 is 11.6 Å². The lowest BCUT2D eigenvalue weighted by atomic mass is 10.0. The molecule has 2 aromatic carbocycles. The summed E-state index contributed by atoms with van der Waals surface area (Å²) in [7, 11) is 0. The minimum Gasteiger partial charge on any atom is -0.349 e. The van der Waals surface area contributed by atoms with Crippen LogP contribution in [-0.2, 0) is 6.54 Å². The summed E-state index contributed by atoms with van der Waals surface area (Å²) in [5.41, 5.74) is 3.18. The van der Waals surface area contributed by atoms with Crippen molar-refractivity contribution >= 4 is 23.4 Å². The Labute approximate surface area is 186 Å². The summed E-state index contributed by atoms with van der Waals surface area (Å²) >= 11 is 6.22. The van der Waals surface area contributed by atoms with Crippen molar-refractivity contribution in [3.05, 3.63) is 88.2 Å². The number of rotatable bonds is 5. The van der Waals surface area contributed by atoms with Crippen LogP contribution in [0.15, 0.2) is 60.9 Å². The Morgan fingerprint density at radius 1 is 1.10 bits per heavy atom. The zero-order valence-electron chi connectivity index (χ0n) is 17.4. The fourth-order valence-electron chi connectivity index (χ4n) is 3.86. The predicted octanol–water partition coefficient (Wildman–Crippen LogP) is 3.93. The Bertz CT molecular complexity index is 1090. The minimum atomic E-state index is -0.0521. The highest BCUT2D eigenvalue weighted by Gasteiger charge is 2.26. The summed E-state index contributed by atoms with van der Waals surface area (Å²) < 4.78 is 1.73. The van der Waals surface area contributed by atoms with Gasteiger partial charge in [-0.25, -0.2) is 0 Å². The Kier molecular flexibility index (Phi) is 6.37. The Balaban J connectivity index is 1.31. The summed E-state index contributed by atoms with van der Waals surface area (Å²) in [5, 5.41) is 8.11. The zero-order chi connectivity index (χ0) is 21.8. The van der Waals surface area contributed by atoms with Crippen molar-refractivity contribution in [2.24, 2.45) is 0 Å². The van der Waals surface area contributed by atoms with E-state index in [1.54, 1.807) is 17.1 Å². The molecule has 0 atom stereocenters. The first-order valence-electron chi connectivity index (χ1n) is 10.4. The average Bonchev–Trinajstić information content (AvgIpc) is 3.24. The van der Waals surface area contributed by atoms with Crippen LogP contribution in [0.5, 0.6) is 0 Å². The number of hydrogen-bond donors (Lipinski definition) is 1. The van der Waals surface area contributed by atoms with Crippen LogP contribution in [0.3, 0.4) is 0 Å². The monoisotopic (exact) mass is 436 g/mol. The van der Waals surface area contributed by atoms with E-state index in [-0.39, 0.29) is 17.9 Å². The molecule has 2 amide bonds. The van der Waals surface area contributed by atoms with Gasteiger partial charge in [-0.05, 0) is 43.0 Å². The van der Waals surface area contributed by atoms with E-state index in [4.69, 9.17) is 11.6 Å². The zero-order valence-corrected chi connectivity index (χ0v) is 18.2. The van der Waals surface area contributed by atoms with Crippen LogP contribution in [0, 0.1) is 6.92 Å². The van der Waals surface area contributed by atoms with E-state index >= 15 is 0 Å². The number of halogens is 1. The molecule has 6 nitrogen and oxygen atoms in total. The predicted molar refractivity (Wildman–Crippen MR) is 120 cm³/mol. The number of benzene rings is 2. The lowest BCUT2D eigenvalue weighted by Gasteiger charge is -2.32. The number of aromatic nitrogens is 2. The molecule has 0 radical (unpaired) electrons. The first-order chi connectivity index (χ1) is 15.0. The molecule has 1 aromatic heterocycles. The van der Waals surface area contributed by atoms with Crippen LogP contribution in [0.25, 0.3) is 0 Å². The van der Waals surface area contributed by atoms with Crippen LogP contribution < -0.4 is 5.32 Å². The molecule has 7 heteroatoms. The van der Waals surface area contributed by atoms with Gasteiger partial charge in [-0.1, -0.05) is 48.0 Å². The van der Waals surface area contributed by atoms with Gasteiger partial charge < -0.3 is 10.2 Å². The van der Waals surface area contributed by atoms with Crippen molar-refractivity contribution in [2.75, 3.05) is 13.1 Å². The second kappa shape index (κ2) is 9.35. The molecule has 0 unspecified atom stereocenters. The van der Waals surface area contributed by atoms with Crippen molar-refractivity contribution in [1.29, 1.82) is 0 Å². The van der Waals surface area contributed by atoms with E-state index in [1.165, 1.54) is 0 Å². The van der Waals surface area contributed by atoms with Gasteiger partial charge in [0.1, 0.15) is 0 Å². The maximum Gasteiger partial charge on any atom is 0.257 e. The molecular weight excluding hydrogens is 412 g/mol. The van der Waals surface area contributed by atoms with Gasteiger partial charge in [0.05, 0.1) is 18.3 Å². The number of carbonyl (C=O) groups excluding carboxylic acids is 2. The van der Waals surface area contributed by atoms with E-state index in [1.807, 2.05) is 60.4 Å². The highest BCUT2D eigenvalue weighted by molar-refractivity contribution is 6.31. The molecule has 4 rings (SSSR count). The largest absolute Gasteiger partial charge is 0.349 e. The summed E-state index contributed by atoms with van der Waals surface area (Å²) in [6.45, 7) is 3.66. The van der Waals surface area contributed by atoms with Crippen LogP contribution in [0.1, 0.15) is 44.7 Å². The van der Waals surface area contributed by atoms with Gasteiger partial charge in [0.25, 0.3) is 11.8 Å². The second-order valence-electron chi connectivity index (χ2n) is 7.87. The maximum atomic E-state index is 12.9. The van der Waals surface area contributed by atoms with Gasteiger partial charge in [-0.15, -0.1) is 0 Å². The SMILES string of the molecule is Cc1ccccc1C(=O)NC1CCN(C(=O)c2cnn(Cc3ccccc3Cl)c2)CC1. The van der Waals surface area contributed by atoms with E-state index in [2.05, 4.69) is 10.4 Å². The summed E-state index contributed by atoms with van der Waals surface area (Å²) in [5.74, 6) is -0.0854. The molecule has 3 aromatic rings. The molecule has 0 bridgehead atoms. The number of carbonyl (C=O) groups is 2. The molecule has 1 aliphatic heterocycles. The van der Waals surface area contributed by atoms with Crippen molar-refractivity contribution in [3.8, 4) is 0 Å². The number of aryl methyl sites for hydroxylation is 1. The minimum absolute atomic E-state index is 0.0333. The Morgan fingerprint density at radius 3 is 2.55 bits per heavy atom. The maximum absolute atomic E-state index is 12.9. The van der Waals surface area contributed by atoms with Crippen LogP contribution in [0.4, 0.5) is 0 Å². The van der Waals surface area contributed by atoms with E-state index in [0.717, 1.165) is 24.0 Å². The van der Waals surface area contributed by atoms with Crippen LogP contribution in [-0.4, -0.2) is 45.6 Å². The lowest BCUT2D eigenvalue weighted by molar-refractivity contribution is 0.0698. The summed E-state index contributed by atoms with van der Waals surface area (Å²) in [6, 6.07) is 15.2. The fourth-order valence-corrected chi connectivity index (χ4v) is 4.06. The van der Waals surface area contributed by atoms with Gasteiger partial charge in [0, 0.05) is 35.9 Å². The van der Waals surface area contributed by atoms with Crippen molar-refractivity contribution in [1.82, 2.24) is 20.0 Å². The third-order valence-corrected chi connectivity index (χ3v) is 6.05. The molecule has 0 aliphatic carbocycles. The lowest BCUT2D eigenvalue weighted by Crippen LogP contribution is -2.46. The third kappa shape index (κ3) is 4.97. The normalized spacial score (nSPS) is 14.5. The van der Waals surface area contributed by atoms with Crippen molar-refractivity contribution < 1.29 is 9.59 Å². The molecule has 2 heterocycles. The molecule has 1 saturated heterocycles. The van der Waals surface area contributed by atoms with Gasteiger partial charge in [0.2, 0.25) is 0 Å². The van der Waals surface area contributed by atoms with Crippen molar-refractivity contribution in [2.45, 2.75) is 32.4 Å². The molecule has 1 aliphatic rings. The summed E-state index contributed by atoms with van der Waals surface area (Å²) in [4.78, 5) is 27.2. The molecule has 0 spiro atoms. The summed E-state index contributed by atoms with van der Waals surface area (Å²) in [6.07, 6.45) is 4.83. The van der Waals surface area contributed by atoms with Gasteiger partial charge >= 0.3 is 0 Å². The molecular formula is C24H25ClN4O2. The standard InChI is InChI=1S/C24H25ClN4O2/c1-17-6-2-4-8-21(17)23(30)27-20-10-12-28(13-11-20)24(31)19-14-26-29(16-19)15-18-7-3-5-9-22(18)25/h2-9,14,16,20H,10-13,15H2,1H3,(H,27,30). The first-order valence-corrected chi connectivity index (χ1v) is 10.8. The quantitative estimate of drug-likeness (QED) is 0.659. The number of likely N-dealkylation sites (tertiary alicyclic amines) is 1. The fraction of sp³-hybridized carbons (Fsp3) is 0.292. The number of nitrogens with zero attached hydrogens (tertiary/aromatic N) is 3. The van der Waals surface area contributed by atoms with E-state index < -0.39 is 0 Å². The highest BCUT2D eigenvalue weighted by Crippen LogP contribution is 2.18. The Hall–Kier alpha value is -3.12. The van der Waals surface area contributed by atoms with E-state index in [9.17, 15) is 9.59 Å². The number of piperidine rings is 1. The van der Waals surface area contributed by atoms with Crippen molar-refractivity contribution in [3.63, 3.8) is 0 Å². The van der Waals surface area contributed by atoms with Gasteiger partial charge in [0.15, 0.2) is 0 Å². The number of nitrogens with one attached hydrogen (secondary N) is 1. The van der Waals surface area contributed by atoms with Crippen LogP contribution in [0.2, 0.25) is 5.02 Å². The first kappa shape index (κ1) is 21.1. The average molecular weight is 437 g/mol. The second-order valence-corrected chi connectivity index (χ2v) is 8.28. The molecule has 0 saturated carbocycles. The third-order valence-electron chi connectivity index (χ3n) is 5.68. The highest BCUT2D eigenvalue weighted by atomic mass is 35.5.